The lowest BCUT2D eigenvalue weighted by Crippen LogP contribution is -2.26. The second-order valence-electron chi connectivity index (χ2n) is 4.45. The highest BCUT2D eigenvalue weighted by atomic mass is 79.9. The van der Waals surface area contributed by atoms with E-state index in [-0.39, 0.29) is 11.7 Å². The molecule has 2 aromatic rings. The highest BCUT2D eigenvalue weighted by molar-refractivity contribution is 9.10. The van der Waals surface area contributed by atoms with Gasteiger partial charge in [0.2, 0.25) is 0 Å². The number of hydrogen-bond donors (Lipinski definition) is 1. The van der Waals surface area contributed by atoms with E-state index in [1.54, 1.807) is 43.4 Å². The Kier molecular flexibility index (Phi) is 4.68. The molecule has 0 radical (unpaired) electrons. The average molecular weight is 355 g/mol. The highest BCUT2D eigenvalue weighted by Gasteiger charge is 2.14. The van der Waals surface area contributed by atoms with E-state index in [4.69, 9.17) is 11.6 Å². The molecule has 0 heterocycles. The first-order valence-corrected chi connectivity index (χ1v) is 7.13. The fourth-order valence-corrected chi connectivity index (χ4v) is 2.73. The summed E-state index contributed by atoms with van der Waals surface area (Å²) in [5.41, 5.74) is 1.20. The van der Waals surface area contributed by atoms with Crippen LogP contribution in [0.3, 0.4) is 0 Å². The number of carbonyl (C=O) groups excluding carboxylic acids is 1. The highest BCUT2D eigenvalue weighted by Crippen LogP contribution is 2.22. The molecule has 3 nitrogen and oxygen atoms in total. The first-order valence-electron chi connectivity index (χ1n) is 5.96. The Bertz CT molecular complexity index is 625. The number of phenolic OH excluding ortho intramolecular Hbond substituents is 1. The lowest BCUT2D eigenvalue weighted by Gasteiger charge is -2.18. The molecule has 0 aliphatic heterocycles. The number of carbonyl (C=O) groups is 1. The smallest absolute Gasteiger partial charge is 0.253 e. The van der Waals surface area contributed by atoms with Crippen molar-refractivity contribution in [1.82, 2.24) is 4.90 Å². The fraction of sp³-hybridized carbons (Fsp3) is 0.133. The molecule has 0 aromatic heterocycles. The van der Waals surface area contributed by atoms with Crippen molar-refractivity contribution in [3.8, 4) is 5.75 Å². The number of halogens is 2. The molecule has 0 atom stereocenters. The third-order valence-electron chi connectivity index (χ3n) is 2.86. The Hall–Kier alpha value is -1.52. The zero-order valence-corrected chi connectivity index (χ0v) is 13.1. The second-order valence-corrected chi connectivity index (χ2v) is 5.80. The second kappa shape index (κ2) is 6.29. The third-order valence-corrected chi connectivity index (χ3v) is 3.53. The molecule has 0 bridgehead atoms. The standard InChI is InChI=1S/C15H13BrClNO2/c1-18(9-10-4-2-3-5-14(10)19)15(20)11-6-12(16)8-13(17)7-11/h2-8,19H,9H2,1H3. The molecular formula is C15H13BrClNO2. The van der Waals surface area contributed by atoms with Crippen molar-refractivity contribution in [2.24, 2.45) is 0 Å². The zero-order valence-electron chi connectivity index (χ0n) is 10.8. The van der Waals surface area contributed by atoms with Gasteiger partial charge in [0, 0.05) is 34.2 Å². The van der Waals surface area contributed by atoms with Crippen molar-refractivity contribution < 1.29 is 9.90 Å². The molecule has 0 aliphatic carbocycles. The molecule has 0 spiro atoms. The Balaban J connectivity index is 2.18. The van der Waals surface area contributed by atoms with Crippen LogP contribution in [0, 0.1) is 0 Å². The molecule has 20 heavy (non-hydrogen) atoms. The Morgan fingerprint density at radius 2 is 2.00 bits per heavy atom. The number of benzene rings is 2. The van der Waals surface area contributed by atoms with Crippen molar-refractivity contribution in [1.29, 1.82) is 0 Å². The number of amides is 1. The topological polar surface area (TPSA) is 40.5 Å². The van der Waals surface area contributed by atoms with Gasteiger partial charge < -0.3 is 10.0 Å². The zero-order chi connectivity index (χ0) is 14.7. The normalized spacial score (nSPS) is 10.3. The van der Waals surface area contributed by atoms with E-state index in [0.29, 0.717) is 22.7 Å². The van der Waals surface area contributed by atoms with Gasteiger partial charge in [-0.25, -0.2) is 0 Å². The molecule has 5 heteroatoms. The molecule has 0 fully saturated rings. The summed E-state index contributed by atoms with van der Waals surface area (Å²) in [6.45, 7) is 0.329. The van der Waals surface area contributed by atoms with Crippen LogP contribution in [0.4, 0.5) is 0 Å². The maximum atomic E-state index is 12.3. The molecule has 1 amide bonds. The minimum absolute atomic E-state index is 0.156. The van der Waals surface area contributed by atoms with Crippen LogP contribution in [0.5, 0.6) is 5.75 Å². The summed E-state index contributed by atoms with van der Waals surface area (Å²) in [5.74, 6) is 0.0240. The molecule has 0 saturated heterocycles. The summed E-state index contributed by atoms with van der Waals surface area (Å²) < 4.78 is 0.754. The van der Waals surface area contributed by atoms with Crippen LogP contribution in [-0.2, 0) is 6.54 Å². The van der Waals surface area contributed by atoms with Gasteiger partial charge in [-0.05, 0) is 24.3 Å². The van der Waals surface area contributed by atoms with Gasteiger partial charge in [0.1, 0.15) is 5.75 Å². The van der Waals surface area contributed by atoms with Crippen molar-refractivity contribution >= 4 is 33.4 Å². The van der Waals surface area contributed by atoms with Crippen LogP contribution in [0.15, 0.2) is 46.9 Å². The first kappa shape index (κ1) is 14.9. The van der Waals surface area contributed by atoms with Gasteiger partial charge in [-0.3, -0.25) is 4.79 Å². The lowest BCUT2D eigenvalue weighted by molar-refractivity contribution is 0.0784. The number of para-hydroxylation sites is 1. The minimum atomic E-state index is -0.156. The van der Waals surface area contributed by atoms with Gasteiger partial charge >= 0.3 is 0 Å². The van der Waals surface area contributed by atoms with Gasteiger partial charge in [-0.2, -0.15) is 0 Å². The third kappa shape index (κ3) is 3.52. The summed E-state index contributed by atoms with van der Waals surface area (Å²) in [6, 6.07) is 12.0. The largest absolute Gasteiger partial charge is 0.508 e. The van der Waals surface area contributed by atoms with Crippen molar-refractivity contribution in [3.63, 3.8) is 0 Å². The fourth-order valence-electron chi connectivity index (χ4n) is 1.87. The van der Waals surface area contributed by atoms with Crippen LogP contribution >= 0.6 is 27.5 Å². The predicted molar refractivity (Wildman–Crippen MR) is 83.1 cm³/mol. The predicted octanol–water partition coefficient (Wildman–Crippen LogP) is 4.08. The Morgan fingerprint density at radius 1 is 1.30 bits per heavy atom. The number of nitrogens with zero attached hydrogens (tertiary/aromatic N) is 1. The lowest BCUT2D eigenvalue weighted by atomic mass is 10.1. The quantitative estimate of drug-likeness (QED) is 0.902. The van der Waals surface area contributed by atoms with Crippen LogP contribution in [0.25, 0.3) is 0 Å². The van der Waals surface area contributed by atoms with Gasteiger partial charge in [0.15, 0.2) is 0 Å². The SMILES string of the molecule is CN(Cc1ccccc1O)C(=O)c1cc(Cl)cc(Br)c1. The summed E-state index contributed by atoms with van der Waals surface area (Å²) in [7, 11) is 1.68. The molecule has 2 rings (SSSR count). The van der Waals surface area contributed by atoms with Crippen LogP contribution < -0.4 is 0 Å². The van der Waals surface area contributed by atoms with Crippen LogP contribution in [-0.4, -0.2) is 23.0 Å². The average Bonchev–Trinajstić information content (AvgIpc) is 2.39. The summed E-state index contributed by atoms with van der Waals surface area (Å²) in [6.07, 6.45) is 0. The summed E-state index contributed by atoms with van der Waals surface area (Å²) in [4.78, 5) is 13.9. The summed E-state index contributed by atoms with van der Waals surface area (Å²) in [5, 5.41) is 10.2. The number of rotatable bonds is 3. The maximum Gasteiger partial charge on any atom is 0.253 e. The summed E-state index contributed by atoms with van der Waals surface area (Å²) >= 11 is 9.26. The van der Waals surface area contributed by atoms with E-state index >= 15 is 0 Å². The molecule has 0 unspecified atom stereocenters. The maximum absolute atomic E-state index is 12.3. The monoisotopic (exact) mass is 353 g/mol. The number of aromatic hydroxyl groups is 1. The van der Waals surface area contributed by atoms with Gasteiger partial charge in [0.05, 0.1) is 0 Å². The molecular weight excluding hydrogens is 342 g/mol. The first-order chi connectivity index (χ1) is 9.47. The van der Waals surface area contributed by atoms with Gasteiger partial charge in [0.25, 0.3) is 5.91 Å². The Labute approximate surface area is 130 Å². The van der Waals surface area contributed by atoms with E-state index in [0.717, 1.165) is 4.47 Å². The number of phenols is 1. The van der Waals surface area contributed by atoms with Crippen molar-refractivity contribution in [2.75, 3.05) is 7.05 Å². The minimum Gasteiger partial charge on any atom is -0.508 e. The van der Waals surface area contributed by atoms with Crippen LogP contribution in [0.1, 0.15) is 15.9 Å². The molecule has 1 N–H and O–H groups in total. The molecule has 104 valence electrons. The molecule has 2 aromatic carbocycles. The van der Waals surface area contributed by atoms with E-state index in [1.807, 2.05) is 6.07 Å². The van der Waals surface area contributed by atoms with Gasteiger partial charge in [-0.15, -0.1) is 0 Å². The van der Waals surface area contributed by atoms with E-state index in [1.165, 1.54) is 4.90 Å². The Morgan fingerprint density at radius 3 is 2.65 bits per heavy atom. The van der Waals surface area contributed by atoms with Crippen LogP contribution in [0.2, 0.25) is 5.02 Å². The molecule has 0 aliphatic rings. The molecule has 0 saturated carbocycles. The van der Waals surface area contributed by atoms with E-state index in [9.17, 15) is 9.90 Å². The van der Waals surface area contributed by atoms with Crippen molar-refractivity contribution in [3.05, 3.63) is 63.1 Å². The van der Waals surface area contributed by atoms with E-state index < -0.39 is 0 Å². The van der Waals surface area contributed by atoms with Gasteiger partial charge in [-0.1, -0.05) is 45.7 Å². The number of hydrogen-bond acceptors (Lipinski definition) is 2. The van der Waals surface area contributed by atoms with E-state index in [2.05, 4.69) is 15.9 Å². The van der Waals surface area contributed by atoms with Crippen molar-refractivity contribution in [2.45, 2.75) is 6.54 Å².